The van der Waals surface area contributed by atoms with Gasteiger partial charge < -0.3 is 12.3 Å². The second-order valence-electron chi connectivity index (χ2n) is 6.33. The number of unbranched alkanes of at least 4 members (excludes halogenated alkanes) is 9. The Kier molecular flexibility index (Phi) is 26.6. The van der Waals surface area contributed by atoms with Gasteiger partial charge in [0.15, 0.2) is 0 Å². The van der Waals surface area contributed by atoms with Crippen LogP contribution in [-0.2, 0) is 9.53 Å². The van der Waals surface area contributed by atoms with Crippen LogP contribution in [0.4, 0.5) is 0 Å². The van der Waals surface area contributed by atoms with E-state index in [2.05, 4.69) is 20.8 Å². The van der Waals surface area contributed by atoms with Crippen LogP contribution in [0.15, 0.2) is 0 Å². The van der Waals surface area contributed by atoms with Gasteiger partial charge in [-0.15, -0.1) is 0 Å². The van der Waals surface area contributed by atoms with Crippen molar-refractivity contribution in [3.63, 3.8) is 0 Å². The maximum atomic E-state index is 11.4. The summed E-state index contributed by atoms with van der Waals surface area (Å²) in [5.74, 6) is 0.564. The molecule has 0 aliphatic heterocycles. The van der Waals surface area contributed by atoms with Crippen LogP contribution in [0.1, 0.15) is 99.2 Å². The molecular formula is C18H40NNaO2. The number of rotatable bonds is 14. The summed E-state index contributed by atoms with van der Waals surface area (Å²) in [6.07, 6.45) is 14.7. The van der Waals surface area contributed by atoms with Crippen LogP contribution in [0.2, 0.25) is 0 Å². The van der Waals surface area contributed by atoms with E-state index in [1.807, 2.05) is 0 Å². The molecule has 0 aromatic heterocycles. The molecule has 3 nitrogen and oxygen atoms in total. The predicted octanol–water partition coefficient (Wildman–Crippen LogP) is 3.17. The average molecular weight is 326 g/mol. The fourth-order valence-corrected chi connectivity index (χ4v) is 2.25. The number of hydrogen-bond donors (Lipinski definition) is 1. The quantitative estimate of drug-likeness (QED) is 0.303. The molecule has 0 fully saturated rings. The molecule has 0 radical (unpaired) electrons. The summed E-state index contributed by atoms with van der Waals surface area (Å²) >= 11 is 0. The Hall–Kier alpha value is 0.430. The van der Waals surface area contributed by atoms with Crippen molar-refractivity contribution in [2.45, 2.75) is 97.8 Å². The predicted molar refractivity (Wildman–Crippen MR) is 93.0 cm³/mol. The molecule has 0 aliphatic rings. The number of carbonyl (C=O) groups is 1. The van der Waals surface area contributed by atoms with E-state index in [9.17, 15) is 4.79 Å². The second-order valence-corrected chi connectivity index (χ2v) is 6.33. The Morgan fingerprint density at radius 3 is 1.82 bits per heavy atom. The second kappa shape index (κ2) is 21.4. The van der Waals surface area contributed by atoms with Crippen molar-refractivity contribution < 1.29 is 40.5 Å². The molecule has 0 amide bonds. The number of ether oxygens (including phenoxy) is 1. The van der Waals surface area contributed by atoms with E-state index in [0.717, 1.165) is 12.8 Å². The standard InChI is InChI=1S/C18H36O2.H3N.Na.H/c1-4-5-6-7-8-9-10-11-12-13-16-20-18(19)15-14-17(2)3;;;/h17H,4-16H2,1-3H3;1H3;;/q;;+1;-1. The van der Waals surface area contributed by atoms with Gasteiger partial charge in [0.1, 0.15) is 0 Å². The molecule has 130 valence electrons. The van der Waals surface area contributed by atoms with Crippen molar-refractivity contribution in [3.05, 3.63) is 0 Å². The average Bonchev–Trinajstić information content (AvgIpc) is 2.42. The Balaban J connectivity index is -0.000000602. The first kappa shape index (κ1) is 27.3. The Morgan fingerprint density at radius 1 is 0.909 bits per heavy atom. The van der Waals surface area contributed by atoms with Gasteiger partial charge in [-0.3, -0.25) is 4.79 Å². The third kappa shape index (κ3) is 22.7. The SMILES string of the molecule is CCCCCCCCCCCCOC(=O)CCC(C)C.N.[H-].[Na+]. The van der Waals surface area contributed by atoms with Crippen LogP contribution in [0.3, 0.4) is 0 Å². The minimum absolute atomic E-state index is 0. The Bertz CT molecular complexity index is 229. The molecular weight excluding hydrogens is 285 g/mol. The van der Waals surface area contributed by atoms with Crippen molar-refractivity contribution in [3.8, 4) is 0 Å². The van der Waals surface area contributed by atoms with Gasteiger partial charge in [-0.2, -0.15) is 0 Å². The monoisotopic (exact) mass is 325 g/mol. The van der Waals surface area contributed by atoms with Crippen LogP contribution >= 0.6 is 0 Å². The van der Waals surface area contributed by atoms with Crippen molar-refractivity contribution in [2.75, 3.05) is 6.61 Å². The van der Waals surface area contributed by atoms with Gasteiger partial charge in [0, 0.05) is 6.42 Å². The zero-order chi connectivity index (χ0) is 15.1. The molecule has 0 aliphatic carbocycles. The van der Waals surface area contributed by atoms with Gasteiger partial charge in [-0.25, -0.2) is 0 Å². The van der Waals surface area contributed by atoms with E-state index in [1.54, 1.807) is 0 Å². The largest absolute Gasteiger partial charge is 1.00 e. The maximum absolute atomic E-state index is 11.4. The third-order valence-corrected chi connectivity index (χ3v) is 3.69. The molecule has 0 saturated carbocycles. The number of esters is 1. The van der Waals surface area contributed by atoms with E-state index >= 15 is 0 Å². The number of carbonyl (C=O) groups excluding carboxylic acids is 1. The summed E-state index contributed by atoms with van der Waals surface area (Å²) in [5, 5.41) is 0. The minimum Gasteiger partial charge on any atom is -1.00 e. The fourth-order valence-electron chi connectivity index (χ4n) is 2.25. The van der Waals surface area contributed by atoms with Gasteiger partial charge in [0.2, 0.25) is 0 Å². The first-order valence-corrected chi connectivity index (χ1v) is 8.82. The van der Waals surface area contributed by atoms with Crippen LogP contribution in [0.25, 0.3) is 0 Å². The van der Waals surface area contributed by atoms with E-state index in [1.165, 1.54) is 57.8 Å². The van der Waals surface area contributed by atoms with Crippen molar-refractivity contribution in [1.82, 2.24) is 6.15 Å². The normalized spacial score (nSPS) is 10.0. The molecule has 0 heterocycles. The first-order valence-electron chi connectivity index (χ1n) is 8.82. The zero-order valence-corrected chi connectivity index (χ0v) is 17.8. The van der Waals surface area contributed by atoms with E-state index in [0.29, 0.717) is 18.9 Å². The van der Waals surface area contributed by atoms with Crippen molar-refractivity contribution in [1.29, 1.82) is 0 Å². The Morgan fingerprint density at radius 2 is 1.36 bits per heavy atom. The van der Waals surface area contributed by atoms with Gasteiger partial charge in [-0.1, -0.05) is 78.6 Å². The summed E-state index contributed by atoms with van der Waals surface area (Å²) < 4.78 is 5.23. The summed E-state index contributed by atoms with van der Waals surface area (Å²) in [6.45, 7) is 7.15. The molecule has 22 heavy (non-hydrogen) atoms. The van der Waals surface area contributed by atoms with E-state index < -0.39 is 0 Å². The molecule has 0 unspecified atom stereocenters. The minimum atomic E-state index is -0.0189. The summed E-state index contributed by atoms with van der Waals surface area (Å²) in [6, 6.07) is 0. The first-order chi connectivity index (χ1) is 9.66. The third-order valence-electron chi connectivity index (χ3n) is 3.69. The molecule has 0 rings (SSSR count). The van der Waals surface area contributed by atoms with Crippen LogP contribution in [0.5, 0.6) is 0 Å². The molecule has 3 N–H and O–H groups in total. The van der Waals surface area contributed by atoms with Crippen molar-refractivity contribution >= 4 is 5.97 Å². The van der Waals surface area contributed by atoms with Crippen LogP contribution in [0, 0.1) is 5.92 Å². The van der Waals surface area contributed by atoms with Gasteiger partial charge in [0.25, 0.3) is 0 Å². The van der Waals surface area contributed by atoms with Crippen LogP contribution in [-0.4, -0.2) is 12.6 Å². The topological polar surface area (TPSA) is 61.3 Å². The summed E-state index contributed by atoms with van der Waals surface area (Å²) in [7, 11) is 0. The molecule has 4 heteroatoms. The Labute approximate surface area is 162 Å². The van der Waals surface area contributed by atoms with E-state index in [4.69, 9.17) is 4.74 Å². The molecule has 0 aromatic rings. The maximum Gasteiger partial charge on any atom is 1.00 e. The molecule has 0 bridgehead atoms. The number of hydrogen-bond acceptors (Lipinski definition) is 3. The summed E-state index contributed by atoms with van der Waals surface area (Å²) in [5.41, 5.74) is 0. The molecule has 0 atom stereocenters. The van der Waals surface area contributed by atoms with Crippen molar-refractivity contribution in [2.24, 2.45) is 5.92 Å². The molecule has 0 saturated heterocycles. The smallest absolute Gasteiger partial charge is 1.00 e. The van der Waals surface area contributed by atoms with Gasteiger partial charge in [0.05, 0.1) is 6.61 Å². The van der Waals surface area contributed by atoms with E-state index in [-0.39, 0.29) is 43.1 Å². The zero-order valence-electron chi connectivity index (χ0n) is 16.8. The van der Waals surface area contributed by atoms with Gasteiger partial charge >= 0.3 is 35.5 Å². The van der Waals surface area contributed by atoms with Crippen LogP contribution < -0.4 is 35.7 Å². The van der Waals surface area contributed by atoms with Gasteiger partial charge in [-0.05, 0) is 18.8 Å². The fraction of sp³-hybridized carbons (Fsp3) is 0.944. The molecule has 0 spiro atoms. The summed E-state index contributed by atoms with van der Waals surface area (Å²) in [4.78, 5) is 11.4. The molecule has 0 aromatic carbocycles.